The van der Waals surface area contributed by atoms with Crippen LogP contribution in [-0.2, 0) is 4.79 Å². The minimum Gasteiger partial charge on any atom is -0.493 e. The first-order valence-corrected chi connectivity index (χ1v) is 9.82. The first kappa shape index (κ1) is 23.7. The number of ether oxygens (including phenoxy) is 2. The molecular formula is C20H32B3NO3. The number of para-hydroxylation sites is 2. The predicted molar refractivity (Wildman–Crippen MR) is 116 cm³/mol. The Kier molecular flexibility index (Phi) is 9.51. The van der Waals surface area contributed by atoms with E-state index in [2.05, 4.69) is 12.1 Å². The molecule has 0 aromatic heterocycles. The number of nitrogens with one attached hydrogen (secondary N) is 1. The number of hydrogen-bond donors (Lipinski definition) is 1. The van der Waals surface area contributed by atoms with E-state index in [-0.39, 0.29) is 11.6 Å². The average molecular weight is 367 g/mol. The van der Waals surface area contributed by atoms with Crippen LogP contribution in [0.3, 0.4) is 0 Å². The third-order valence-electron chi connectivity index (χ3n) is 5.62. The fourth-order valence-corrected chi connectivity index (χ4v) is 4.12. The van der Waals surface area contributed by atoms with Gasteiger partial charge in [0.05, 0.1) is 29.9 Å². The van der Waals surface area contributed by atoms with Gasteiger partial charge in [-0.15, -0.1) is 0 Å². The van der Waals surface area contributed by atoms with E-state index in [0.717, 1.165) is 30.9 Å². The highest BCUT2D eigenvalue weighted by Crippen LogP contribution is 2.70. The molecule has 1 aliphatic heterocycles. The summed E-state index contributed by atoms with van der Waals surface area (Å²) in [6.07, 6.45) is 1.89. The number of carbonyl (C=O) groups excluding carboxylic acids is 1. The third-order valence-corrected chi connectivity index (χ3v) is 5.62. The molecule has 3 rings (SSSR count). The van der Waals surface area contributed by atoms with Crippen LogP contribution in [0.25, 0.3) is 0 Å². The van der Waals surface area contributed by atoms with Crippen molar-refractivity contribution in [1.29, 1.82) is 0 Å². The van der Waals surface area contributed by atoms with E-state index in [1.165, 1.54) is 0 Å². The summed E-state index contributed by atoms with van der Waals surface area (Å²) in [6, 6.07) is 7.53. The van der Waals surface area contributed by atoms with E-state index < -0.39 is 5.21 Å². The van der Waals surface area contributed by atoms with Crippen molar-refractivity contribution in [3.8, 4) is 11.5 Å². The minimum absolute atomic E-state index is 0.0840. The van der Waals surface area contributed by atoms with Gasteiger partial charge in [-0.2, -0.15) is 0 Å². The van der Waals surface area contributed by atoms with E-state index >= 15 is 0 Å². The van der Waals surface area contributed by atoms with Crippen molar-refractivity contribution < 1.29 is 14.3 Å². The van der Waals surface area contributed by atoms with Crippen molar-refractivity contribution in [2.45, 2.75) is 50.4 Å². The Labute approximate surface area is 168 Å². The molecule has 1 saturated heterocycles. The maximum atomic E-state index is 11.9. The van der Waals surface area contributed by atoms with Gasteiger partial charge >= 0.3 is 0 Å². The van der Waals surface area contributed by atoms with Gasteiger partial charge in [-0.25, -0.2) is 0 Å². The highest BCUT2D eigenvalue weighted by Gasteiger charge is 2.68. The van der Waals surface area contributed by atoms with E-state index in [1.807, 2.05) is 45.2 Å². The number of hydrogen-bond acceptors (Lipinski definition) is 4. The number of Topliss-reactive ketones (excluding diaryl/α,β-unsaturated/α-hetero) is 1. The molecule has 4 atom stereocenters. The van der Waals surface area contributed by atoms with Crippen LogP contribution in [0.5, 0.6) is 11.5 Å². The summed E-state index contributed by atoms with van der Waals surface area (Å²) >= 11 is 0. The summed E-state index contributed by atoms with van der Waals surface area (Å²) < 4.78 is 10.0. The van der Waals surface area contributed by atoms with E-state index in [0.29, 0.717) is 18.4 Å². The van der Waals surface area contributed by atoms with Gasteiger partial charge in [-0.05, 0) is 55.5 Å². The molecule has 2 fully saturated rings. The van der Waals surface area contributed by atoms with Gasteiger partial charge in [-0.1, -0.05) is 38.6 Å². The molecule has 7 heteroatoms. The van der Waals surface area contributed by atoms with Gasteiger partial charge in [0.1, 0.15) is 12.5 Å². The van der Waals surface area contributed by atoms with Crippen LogP contribution in [0.2, 0.25) is 23.7 Å². The van der Waals surface area contributed by atoms with Crippen LogP contribution in [0.15, 0.2) is 24.3 Å². The van der Waals surface area contributed by atoms with Crippen molar-refractivity contribution in [2.24, 2.45) is 5.92 Å². The topological polar surface area (TPSA) is 47.6 Å². The van der Waals surface area contributed by atoms with Crippen LogP contribution in [0.1, 0.15) is 26.7 Å². The van der Waals surface area contributed by atoms with E-state index in [1.54, 1.807) is 14.2 Å². The maximum absolute atomic E-state index is 11.9. The SMILES string of the molecule is CC.COc1ccccc1OC.[B]C1CC(CCNC)C2B(C)C2([B])C1=O. The molecule has 0 bridgehead atoms. The van der Waals surface area contributed by atoms with Gasteiger partial charge in [0.15, 0.2) is 11.5 Å². The standard InChI is InChI=1S/C10H16B3NO.C8H10O2.C2H6/c1-13-8-6(3-4-14-2)5-7(11)9(15)10(8,13)12;1-9-7-5-3-4-6-8(7)10-2;1-2/h6-8,14H,3-5H2,1-2H3;3-6H,1-2H3;1-2H3. The van der Waals surface area contributed by atoms with Gasteiger partial charge in [0.25, 0.3) is 0 Å². The molecule has 0 amide bonds. The van der Waals surface area contributed by atoms with Crippen molar-refractivity contribution in [1.82, 2.24) is 5.32 Å². The van der Waals surface area contributed by atoms with Crippen LogP contribution >= 0.6 is 0 Å². The molecule has 1 N–H and O–H groups in total. The molecule has 4 radical (unpaired) electrons. The average Bonchev–Trinajstić information content (AvgIpc) is 3.28. The summed E-state index contributed by atoms with van der Waals surface area (Å²) in [5, 5.41) is 2.55. The minimum atomic E-state index is -0.587. The highest BCUT2D eigenvalue weighted by molar-refractivity contribution is 6.90. The molecule has 4 nitrogen and oxygen atoms in total. The molecule has 27 heavy (non-hydrogen) atoms. The summed E-state index contributed by atoms with van der Waals surface area (Å²) in [4.78, 5) is 11.9. The van der Waals surface area contributed by atoms with Crippen LogP contribution in [0, 0.1) is 5.92 Å². The number of benzene rings is 1. The summed E-state index contributed by atoms with van der Waals surface area (Å²) in [7, 11) is 17.2. The Morgan fingerprint density at radius 1 is 1.22 bits per heavy atom. The fourth-order valence-electron chi connectivity index (χ4n) is 4.12. The number of rotatable bonds is 5. The molecular weight excluding hydrogens is 335 g/mol. The third kappa shape index (κ3) is 5.13. The van der Waals surface area contributed by atoms with Crippen LogP contribution in [0.4, 0.5) is 0 Å². The second kappa shape index (κ2) is 10.8. The van der Waals surface area contributed by atoms with Gasteiger partial charge in [0, 0.05) is 0 Å². The van der Waals surface area contributed by atoms with Crippen LogP contribution < -0.4 is 14.8 Å². The molecule has 1 aromatic rings. The molecule has 1 heterocycles. The lowest BCUT2D eigenvalue weighted by Gasteiger charge is -2.31. The monoisotopic (exact) mass is 367 g/mol. The lowest BCUT2D eigenvalue weighted by atomic mass is 9.51. The predicted octanol–water partition coefficient (Wildman–Crippen LogP) is 3.25. The van der Waals surface area contributed by atoms with Crippen molar-refractivity contribution in [3.05, 3.63) is 24.3 Å². The first-order chi connectivity index (χ1) is 12.9. The molecule has 1 aliphatic carbocycles. The normalized spacial score (nSPS) is 28.0. The van der Waals surface area contributed by atoms with E-state index in [4.69, 9.17) is 25.2 Å². The Balaban J connectivity index is 0.000000265. The van der Waals surface area contributed by atoms with Gasteiger partial charge in [-0.3, -0.25) is 0 Å². The number of fused-ring (bicyclic) bond motifs is 1. The van der Waals surface area contributed by atoms with Gasteiger partial charge < -0.3 is 19.6 Å². The lowest BCUT2D eigenvalue weighted by Crippen LogP contribution is -2.28. The quantitative estimate of drug-likeness (QED) is 0.812. The highest BCUT2D eigenvalue weighted by atomic mass is 16.5. The van der Waals surface area contributed by atoms with Crippen molar-refractivity contribution >= 4 is 28.2 Å². The Morgan fingerprint density at radius 3 is 2.19 bits per heavy atom. The second-order valence-corrected chi connectivity index (χ2v) is 6.96. The molecule has 144 valence electrons. The van der Waals surface area contributed by atoms with Gasteiger partial charge in [0.2, 0.25) is 0 Å². The molecule has 1 aromatic carbocycles. The molecule has 4 unspecified atom stereocenters. The first-order valence-electron chi connectivity index (χ1n) is 9.82. The zero-order chi connectivity index (χ0) is 20.6. The molecule has 2 aliphatic rings. The Hall–Kier alpha value is -1.36. The zero-order valence-electron chi connectivity index (χ0n) is 17.6. The van der Waals surface area contributed by atoms with Crippen molar-refractivity contribution in [3.63, 3.8) is 0 Å². The summed E-state index contributed by atoms with van der Waals surface area (Å²) in [5.74, 6) is 2.18. The Bertz CT molecular complexity index is 579. The Morgan fingerprint density at radius 2 is 1.74 bits per heavy atom. The van der Waals surface area contributed by atoms with E-state index in [9.17, 15) is 4.79 Å². The number of methoxy groups -OCH3 is 2. The smallest absolute Gasteiger partial charge is 0.160 e. The molecule has 0 spiro atoms. The number of carbonyl (C=O) groups is 1. The maximum Gasteiger partial charge on any atom is 0.160 e. The fraction of sp³-hybridized carbons (Fsp3) is 0.650. The zero-order valence-corrected chi connectivity index (χ0v) is 17.6. The summed E-state index contributed by atoms with van der Waals surface area (Å²) in [5.41, 5.74) is 0. The second-order valence-electron chi connectivity index (χ2n) is 6.96. The van der Waals surface area contributed by atoms with Crippen LogP contribution in [-0.4, -0.2) is 56.0 Å². The summed E-state index contributed by atoms with van der Waals surface area (Å²) in [6.45, 7) is 7.37. The lowest BCUT2D eigenvalue weighted by molar-refractivity contribution is -0.120. The van der Waals surface area contributed by atoms with Crippen molar-refractivity contribution in [2.75, 3.05) is 27.8 Å². The molecule has 1 saturated carbocycles. The number of ketones is 1. The largest absolute Gasteiger partial charge is 0.493 e.